The van der Waals surface area contributed by atoms with Crippen molar-refractivity contribution in [2.24, 2.45) is 0 Å². The fraction of sp³-hybridized carbons (Fsp3) is 0.429. The molecule has 0 bridgehead atoms. The van der Waals surface area contributed by atoms with E-state index >= 15 is 0 Å². The maximum Gasteiger partial charge on any atom is 0.139 e. The normalized spacial score (nSPS) is 18.4. The fourth-order valence-electron chi connectivity index (χ4n) is 3.96. The van der Waals surface area contributed by atoms with Gasteiger partial charge in [-0.3, -0.25) is 9.80 Å². The summed E-state index contributed by atoms with van der Waals surface area (Å²) in [5.74, 6) is 0.249. The van der Waals surface area contributed by atoms with Crippen molar-refractivity contribution in [3.8, 4) is 5.75 Å². The lowest BCUT2D eigenvalue weighted by Crippen LogP contribution is -2.52. The predicted octanol–water partition coefficient (Wildman–Crippen LogP) is 2.44. The van der Waals surface area contributed by atoms with Gasteiger partial charge in [0.1, 0.15) is 22.6 Å². The number of nitrogens with zero attached hydrogens (tertiary/aromatic N) is 4. The van der Waals surface area contributed by atoms with Gasteiger partial charge in [-0.25, -0.2) is 9.02 Å². The largest absolute Gasteiger partial charge is 0.497 e. The van der Waals surface area contributed by atoms with Gasteiger partial charge in [-0.1, -0.05) is 18.2 Å². The van der Waals surface area contributed by atoms with Crippen LogP contribution in [0.1, 0.15) is 17.5 Å². The van der Waals surface area contributed by atoms with E-state index in [1.807, 2.05) is 18.2 Å². The minimum Gasteiger partial charge on any atom is -0.497 e. The van der Waals surface area contributed by atoms with Crippen molar-refractivity contribution in [2.45, 2.75) is 25.6 Å². The summed E-state index contributed by atoms with van der Waals surface area (Å²) >= 11 is 0. The third kappa shape index (κ3) is 4.39. The Hall–Kier alpha value is -2.55. The molecule has 7 nitrogen and oxygen atoms in total. The molecule has 0 radical (unpaired) electrons. The van der Waals surface area contributed by atoms with Crippen molar-refractivity contribution >= 4 is 11.0 Å². The molecule has 2 aromatic carbocycles. The maximum absolute atomic E-state index is 14.4. The molecule has 4 rings (SSSR count). The number of benzene rings is 2. The first-order valence-corrected chi connectivity index (χ1v) is 9.77. The van der Waals surface area contributed by atoms with Crippen molar-refractivity contribution in [2.75, 3.05) is 33.4 Å². The van der Waals surface area contributed by atoms with Crippen molar-refractivity contribution in [3.05, 3.63) is 53.3 Å². The first-order chi connectivity index (χ1) is 14.2. The lowest BCUT2D eigenvalue weighted by atomic mass is 10.1. The molecule has 154 valence electrons. The van der Waals surface area contributed by atoms with Gasteiger partial charge in [0.25, 0.3) is 0 Å². The van der Waals surface area contributed by atoms with Crippen molar-refractivity contribution < 1.29 is 18.9 Å². The Bertz CT molecular complexity index is 964. The number of aliphatic hydroxyl groups excluding tert-OH is 1. The van der Waals surface area contributed by atoms with Gasteiger partial charge in [-0.15, -0.1) is 0 Å². The van der Waals surface area contributed by atoms with Crippen LogP contribution in [-0.2, 0) is 13.1 Å². The number of aliphatic hydroxyl groups is 1. The molecule has 0 aliphatic carbocycles. The van der Waals surface area contributed by atoms with E-state index in [9.17, 15) is 9.50 Å². The zero-order valence-electron chi connectivity index (χ0n) is 16.4. The summed E-state index contributed by atoms with van der Waals surface area (Å²) in [6, 6.07) is 11.0. The fourth-order valence-corrected chi connectivity index (χ4v) is 3.96. The highest BCUT2D eigenvalue weighted by Crippen LogP contribution is 2.23. The first kappa shape index (κ1) is 19.8. The van der Waals surface area contributed by atoms with Gasteiger partial charge in [-0.05, 0) is 34.4 Å². The van der Waals surface area contributed by atoms with Gasteiger partial charge in [0.05, 0.1) is 7.11 Å². The number of halogens is 1. The topological polar surface area (TPSA) is 74.9 Å². The van der Waals surface area contributed by atoms with Gasteiger partial charge in [0.2, 0.25) is 0 Å². The Morgan fingerprint density at radius 2 is 2.07 bits per heavy atom. The number of hydrogen-bond acceptors (Lipinski definition) is 7. The van der Waals surface area contributed by atoms with Crippen LogP contribution in [0.25, 0.3) is 11.0 Å². The second-order valence-electron chi connectivity index (χ2n) is 7.38. The summed E-state index contributed by atoms with van der Waals surface area (Å²) < 4.78 is 24.3. The molecule has 2 heterocycles. The Labute approximate surface area is 168 Å². The van der Waals surface area contributed by atoms with Crippen LogP contribution in [0, 0.1) is 5.82 Å². The number of ether oxygens (including phenoxy) is 1. The van der Waals surface area contributed by atoms with E-state index in [0.29, 0.717) is 24.3 Å². The van der Waals surface area contributed by atoms with Gasteiger partial charge < -0.3 is 9.84 Å². The molecule has 1 aliphatic heterocycles. The van der Waals surface area contributed by atoms with Crippen LogP contribution in [0.15, 0.2) is 41.0 Å². The van der Waals surface area contributed by atoms with Crippen LogP contribution in [0.3, 0.4) is 0 Å². The third-order valence-corrected chi connectivity index (χ3v) is 5.55. The van der Waals surface area contributed by atoms with Crippen LogP contribution >= 0.6 is 0 Å². The lowest BCUT2D eigenvalue weighted by Gasteiger charge is -2.41. The highest BCUT2D eigenvalue weighted by atomic mass is 19.1. The SMILES string of the molecule is COc1ccc(CN2CCN(Cc3cccc4nonc34)CC2CCO)c(F)c1. The van der Waals surface area contributed by atoms with Crippen molar-refractivity contribution in [1.29, 1.82) is 0 Å². The molecule has 1 aliphatic rings. The van der Waals surface area contributed by atoms with Gasteiger partial charge in [0.15, 0.2) is 0 Å². The molecule has 1 aromatic heterocycles. The molecule has 1 unspecified atom stereocenters. The molecule has 0 spiro atoms. The zero-order chi connectivity index (χ0) is 20.2. The summed E-state index contributed by atoms with van der Waals surface area (Å²) in [7, 11) is 1.53. The average Bonchev–Trinajstić information content (AvgIpc) is 3.21. The van der Waals surface area contributed by atoms with Crippen LogP contribution < -0.4 is 4.74 Å². The van der Waals surface area contributed by atoms with Crippen LogP contribution in [0.2, 0.25) is 0 Å². The number of fused-ring (bicyclic) bond motifs is 1. The highest BCUT2D eigenvalue weighted by molar-refractivity contribution is 5.76. The minimum atomic E-state index is -0.264. The average molecular weight is 400 g/mol. The van der Waals surface area contributed by atoms with Crippen LogP contribution in [-0.4, -0.2) is 64.6 Å². The van der Waals surface area contributed by atoms with Crippen molar-refractivity contribution in [1.82, 2.24) is 20.1 Å². The number of rotatable bonds is 7. The standard InChI is InChI=1S/C21H25FN4O3/c1-28-18-6-5-15(19(22)11-18)13-26-9-8-25(14-17(26)7-10-27)12-16-3-2-4-20-21(16)24-29-23-20/h2-6,11,17,27H,7-10,12-14H2,1H3. The monoisotopic (exact) mass is 400 g/mol. The van der Waals surface area contributed by atoms with Crippen molar-refractivity contribution in [3.63, 3.8) is 0 Å². The molecular formula is C21H25FN4O3. The molecular weight excluding hydrogens is 375 g/mol. The van der Waals surface area contributed by atoms with Gasteiger partial charge >= 0.3 is 0 Å². The quantitative estimate of drug-likeness (QED) is 0.653. The summed E-state index contributed by atoms with van der Waals surface area (Å²) in [6.07, 6.45) is 0.643. The summed E-state index contributed by atoms with van der Waals surface area (Å²) in [4.78, 5) is 4.58. The summed E-state index contributed by atoms with van der Waals surface area (Å²) in [5.41, 5.74) is 3.25. The molecule has 1 fully saturated rings. The second kappa shape index (κ2) is 8.86. The molecule has 29 heavy (non-hydrogen) atoms. The first-order valence-electron chi connectivity index (χ1n) is 9.77. The summed E-state index contributed by atoms with van der Waals surface area (Å²) in [6.45, 7) is 3.78. The molecule has 1 saturated heterocycles. The van der Waals surface area contributed by atoms with Gasteiger partial charge in [0, 0.05) is 57.0 Å². The Balaban J connectivity index is 1.45. The Morgan fingerprint density at radius 1 is 1.17 bits per heavy atom. The second-order valence-corrected chi connectivity index (χ2v) is 7.38. The van der Waals surface area contributed by atoms with E-state index < -0.39 is 0 Å². The van der Waals surface area contributed by atoms with E-state index in [2.05, 4.69) is 20.1 Å². The number of hydrogen-bond donors (Lipinski definition) is 1. The zero-order valence-corrected chi connectivity index (χ0v) is 16.4. The lowest BCUT2D eigenvalue weighted by molar-refractivity contribution is 0.0494. The molecule has 1 atom stereocenters. The number of methoxy groups -OCH3 is 1. The smallest absolute Gasteiger partial charge is 0.139 e. The van der Waals surface area contributed by atoms with E-state index in [0.717, 1.165) is 42.8 Å². The maximum atomic E-state index is 14.4. The molecule has 3 aromatic rings. The Morgan fingerprint density at radius 3 is 2.86 bits per heavy atom. The third-order valence-electron chi connectivity index (χ3n) is 5.55. The minimum absolute atomic E-state index is 0.100. The highest BCUT2D eigenvalue weighted by Gasteiger charge is 2.28. The molecule has 0 amide bonds. The molecule has 0 saturated carbocycles. The van der Waals surface area contributed by atoms with E-state index in [4.69, 9.17) is 9.37 Å². The molecule has 1 N–H and O–H groups in total. The van der Waals surface area contributed by atoms with E-state index in [-0.39, 0.29) is 18.5 Å². The summed E-state index contributed by atoms with van der Waals surface area (Å²) in [5, 5.41) is 17.5. The van der Waals surface area contributed by atoms with Crippen LogP contribution in [0.5, 0.6) is 5.75 Å². The number of aromatic nitrogens is 2. The number of piperazine rings is 1. The molecule has 8 heteroatoms. The predicted molar refractivity (Wildman–Crippen MR) is 106 cm³/mol. The van der Waals surface area contributed by atoms with E-state index in [1.54, 1.807) is 12.1 Å². The van der Waals surface area contributed by atoms with Crippen LogP contribution in [0.4, 0.5) is 4.39 Å². The Kier molecular flexibility index (Phi) is 6.03. The van der Waals surface area contributed by atoms with Gasteiger partial charge in [-0.2, -0.15) is 0 Å². The van der Waals surface area contributed by atoms with E-state index in [1.165, 1.54) is 13.2 Å².